The van der Waals surface area contributed by atoms with Crippen LogP contribution in [0.3, 0.4) is 0 Å². The second kappa shape index (κ2) is 8.54. The van der Waals surface area contributed by atoms with Crippen molar-refractivity contribution >= 4 is 23.1 Å². The number of anilines is 1. The smallest absolute Gasteiger partial charge is 0.410 e. The van der Waals surface area contributed by atoms with Crippen molar-refractivity contribution in [1.82, 2.24) is 14.5 Å². The zero-order valence-electron chi connectivity index (χ0n) is 19.1. The Hall–Kier alpha value is -3.53. The maximum atomic E-state index is 12.6. The third-order valence-corrected chi connectivity index (χ3v) is 5.64. The molecule has 1 aliphatic rings. The summed E-state index contributed by atoms with van der Waals surface area (Å²) in [6.07, 6.45) is -0.277. The fraction of sp³-hybridized carbons (Fsp3) is 0.400. The van der Waals surface area contributed by atoms with E-state index in [4.69, 9.17) is 9.72 Å². The number of hydrogen-bond acceptors (Lipinski definition) is 5. The highest BCUT2D eigenvalue weighted by Crippen LogP contribution is 2.27. The summed E-state index contributed by atoms with van der Waals surface area (Å²) in [7, 11) is 0. The number of para-hydroxylation sites is 2. The lowest BCUT2D eigenvalue weighted by molar-refractivity contribution is 0.0158. The Morgan fingerprint density at radius 2 is 1.88 bits per heavy atom. The van der Waals surface area contributed by atoms with Crippen LogP contribution in [0, 0.1) is 11.3 Å². The molecule has 1 atom stereocenters. The van der Waals surface area contributed by atoms with Gasteiger partial charge < -0.3 is 19.1 Å². The van der Waals surface area contributed by atoms with Crippen LogP contribution in [0.25, 0.3) is 11.0 Å². The summed E-state index contributed by atoms with van der Waals surface area (Å²) in [6, 6.07) is 18.0. The minimum atomic E-state index is -0.518. The predicted molar refractivity (Wildman–Crippen MR) is 125 cm³/mol. The van der Waals surface area contributed by atoms with Gasteiger partial charge in [0.25, 0.3) is 0 Å². The lowest BCUT2D eigenvalue weighted by atomic mass is 10.1. The Morgan fingerprint density at radius 3 is 2.59 bits per heavy atom. The Labute approximate surface area is 188 Å². The van der Waals surface area contributed by atoms with Gasteiger partial charge in [0, 0.05) is 25.7 Å². The van der Waals surface area contributed by atoms with E-state index in [0.29, 0.717) is 31.7 Å². The fourth-order valence-electron chi connectivity index (χ4n) is 4.13. The average molecular weight is 432 g/mol. The number of hydrogen-bond donors (Lipinski definition) is 0. The van der Waals surface area contributed by atoms with Crippen LogP contribution in [0.1, 0.15) is 38.8 Å². The second-order valence-corrected chi connectivity index (χ2v) is 9.22. The van der Waals surface area contributed by atoms with Gasteiger partial charge in [0.05, 0.1) is 29.2 Å². The molecule has 32 heavy (non-hydrogen) atoms. The van der Waals surface area contributed by atoms with Gasteiger partial charge in [-0.2, -0.15) is 5.26 Å². The maximum absolute atomic E-state index is 12.6. The molecule has 1 aliphatic heterocycles. The number of imidazole rings is 1. The van der Waals surface area contributed by atoms with Gasteiger partial charge in [-0.15, -0.1) is 0 Å². The quantitative estimate of drug-likeness (QED) is 0.614. The molecule has 7 nitrogen and oxygen atoms in total. The average Bonchev–Trinajstić information content (AvgIpc) is 3.11. The number of rotatable bonds is 3. The van der Waals surface area contributed by atoms with Crippen molar-refractivity contribution in [3.05, 3.63) is 59.7 Å². The Bertz CT molecular complexity index is 1170. The van der Waals surface area contributed by atoms with Crippen LogP contribution >= 0.6 is 0 Å². The third kappa shape index (κ3) is 4.40. The van der Waals surface area contributed by atoms with Crippen molar-refractivity contribution in [3.8, 4) is 6.07 Å². The van der Waals surface area contributed by atoms with Gasteiger partial charge in [0.1, 0.15) is 5.60 Å². The van der Waals surface area contributed by atoms with Crippen LogP contribution in [0.2, 0.25) is 0 Å². The lowest BCUT2D eigenvalue weighted by Gasteiger charge is -2.40. The van der Waals surface area contributed by atoms with Crippen molar-refractivity contribution in [1.29, 1.82) is 5.26 Å². The Balaban J connectivity index is 1.63. The van der Waals surface area contributed by atoms with Crippen LogP contribution in [0.15, 0.2) is 48.5 Å². The first-order chi connectivity index (χ1) is 15.3. The van der Waals surface area contributed by atoms with E-state index >= 15 is 0 Å². The molecule has 0 aliphatic carbocycles. The molecular weight excluding hydrogens is 402 g/mol. The molecule has 1 amide bonds. The molecule has 0 unspecified atom stereocenters. The highest BCUT2D eigenvalue weighted by molar-refractivity contribution is 5.79. The lowest BCUT2D eigenvalue weighted by Crippen LogP contribution is -2.55. The highest BCUT2D eigenvalue weighted by atomic mass is 16.6. The van der Waals surface area contributed by atoms with E-state index in [2.05, 4.69) is 21.6 Å². The molecule has 2 heterocycles. The molecule has 1 fully saturated rings. The number of ether oxygens (including phenoxy) is 1. The summed E-state index contributed by atoms with van der Waals surface area (Å²) in [6.45, 7) is 10.1. The molecule has 1 aromatic heterocycles. The minimum absolute atomic E-state index is 0.0155. The first-order valence-corrected chi connectivity index (χ1v) is 10.9. The predicted octanol–water partition coefficient (Wildman–Crippen LogP) is 4.40. The van der Waals surface area contributed by atoms with Gasteiger partial charge >= 0.3 is 6.09 Å². The maximum Gasteiger partial charge on any atom is 0.410 e. The SMILES string of the molecule is C[C@H]1CN(c2nc3ccccc3n2Cc2ccccc2C#N)CCN1C(=O)OC(C)(C)C. The number of nitrogens with zero attached hydrogens (tertiary/aromatic N) is 5. The third-order valence-electron chi connectivity index (χ3n) is 5.64. The number of benzene rings is 2. The van der Waals surface area contributed by atoms with E-state index in [-0.39, 0.29) is 12.1 Å². The van der Waals surface area contributed by atoms with E-state index < -0.39 is 5.60 Å². The first kappa shape index (κ1) is 21.7. The Kier molecular flexibility index (Phi) is 5.79. The van der Waals surface area contributed by atoms with Gasteiger partial charge in [-0.1, -0.05) is 30.3 Å². The molecule has 1 saturated heterocycles. The fourth-order valence-corrected chi connectivity index (χ4v) is 4.13. The standard InChI is InChI=1S/C25H29N5O2/c1-18-16-28(13-14-29(18)24(31)32-25(2,3)4)23-27-21-11-7-8-12-22(21)30(23)17-20-10-6-5-9-19(20)15-26/h5-12,18H,13-14,16-17H2,1-4H3/t18-/m0/s1. The summed E-state index contributed by atoms with van der Waals surface area (Å²) < 4.78 is 7.75. The van der Waals surface area contributed by atoms with E-state index in [0.717, 1.165) is 22.5 Å². The highest BCUT2D eigenvalue weighted by Gasteiger charge is 2.32. The van der Waals surface area contributed by atoms with E-state index in [1.54, 1.807) is 4.90 Å². The van der Waals surface area contributed by atoms with Gasteiger partial charge in [-0.3, -0.25) is 0 Å². The van der Waals surface area contributed by atoms with Crippen molar-refractivity contribution in [3.63, 3.8) is 0 Å². The zero-order chi connectivity index (χ0) is 22.9. The topological polar surface area (TPSA) is 74.4 Å². The number of piperazine rings is 1. The van der Waals surface area contributed by atoms with Crippen LogP contribution < -0.4 is 4.90 Å². The second-order valence-electron chi connectivity index (χ2n) is 9.22. The number of nitriles is 1. The molecule has 4 rings (SSSR count). The van der Waals surface area contributed by atoms with Gasteiger partial charge in [0.2, 0.25) is 5.95 Å². The van der Waals surface area contributed by atoms with Gasteiger partial charge in [-0.25, -0.2) is 9.78 Å². The van der Waals surface area contributed by atoms with Crippen molar-refractivity contribution < 1.29 is 9.53 Å². The van der Waals surface area contributed by atoms with Crippen LogP contribution in [0.4, 0.5) is 10.7 Å². The molecule has 7 heteroatoms. The number of fused-ring (bicyclic) bond motifs is 1. The number of carbonyl (C=O) groups excluding carboxylic acids is 1. The van der Waals surface area contributed by atoms with Crippen molar-refractivity contribution in [2.24, 2.45) is 0 Å². The van der Waals surface area contributed by atoms with E-state index in [1.807, 2.05) is 70.2 Å². The zero-order valence-corrected chi connectivity index (χ0v) is 19.1. The summed E-state index contributed by atoms with van der Waals surface area (Å²) in [5, 5.41) is 9.54. The molecule has 166 valence electrons. The molecule has 0 spiro atoms. The molecule has 0 bridgehead atoms. The minimum Gasteiger partial charge on any atom is -0.444 e. The molecule has 0 N–H and O–H groups in total. The Morgan fingerprint density at radius 1 is 1.16 bits per heavy atom. The number of aromatic nitrogens is 2. The van der Waals surface area contributed by atoms with Gasteiger partial charge in [-0.05, 0) is 51.5 Å². The molecule has 2 aromatic carbocycles. The van der Waals surface area contributed by atoms with Gasteiger partial charge in [0.15, 0.2) is 0 Å². The first-order valence-electron chi connectivity index (χ1n) is 10.9. The van der Waals surface area contributed by atoms with Crippen molar-refractivity contribution in [2.75, 3.05) is 24.5 Å². The molecule has 0 radical (unpaired) electrons. The summed E-state index contributed by atoms with van der Waals surface area (Å²) in [4.78, 5) is 21.6. The van der Waals surface area contributed by atoms with Crippen LogP contribution in [-0.4, -0.2) is 51.8 Å². The number of amides is 1. The van der Waals surface area contributed by atoms with E-state index in [1.165, 1.54) is 0 Å². The normalized spacial score (nSPS) is 16.8. The molecular formula is C25H29N5O2. The van der Waals surface area contributed by atoms with Crippen molar-refractivity contribution in [2.45, 2.75) is 45.9 Å². The largest absolute Gasteiger partial charge is 0.444 e. The van der Waals surface area contributed by atoms with Crippen LogP contribution in [-0.2, 0) is 11.3 Å². The summed E-state index contributed by atoms with van der Waals surface area (Å²) >= 11 is 0. The number of carbonyl (C=O) groups is 1. The summed E-state index contributed by atoms with van der Waals surface area (Å²) in [5.41, 5.74) is 3.05. The molecule has 0 saturated carbocycles. The van der Waals surface area contributed by atoms with E-state index in [9.17, 15) is 10.1 Å². The monoisotopic (exact) mass is 431 g/mol. The molecule has 3 aromatic rings. The van der Waals surface area contributed by atoms with Crippen LogP contribution in [0.5, 0.6) is 0 Å². The summed E-state index contributed by atoms with van der Waals surface area (Å²) in [5.74, 6) is 0.856.